The summed E-state index contributed by atoms with van der Waals surface area (Å²) >= 11 is 1.27. The van der Waals surface area contributed by atoms with Crippen molar-refractivity contribution in [2.24, 2.45) is 5.92 Å². The predicted molar refractivity (Wildman–Crippen MR) is 167 cm³/mol. The minimum atomic E-state index is -0.346. The minimum Gasteiger partial charge on any atom is -0.458 e. The summed E-state index contributed by atoms with van der Waals surface area (Å²) in [5.41, 5.74) is 2.75. The van der Waals surface area contributed by atoms with E-state index < -0.39 is 0 Å². The average Bonchev–Trinajstić information content (AvgIpc) is 3.68. The Morgan fingerprint density at radius 3 is 2.86 bits per heavy atom. The molecule has 5 heterocycles. The van der Waals surface area contributed by atoms with Crippen molar-refractivity contribution in [2.45, 2.75) is 45.1 Å². The molecule has 3 aliphatic heterocycles. The van der Waals surface area contributed by atoms with Gasteiger partial charge in [0.05, 0.1) is 28.4 Å². The lowest BCUT2D eigenvalue weighted by molar-refractivity contribution is -0.136. The number of anilines is 3. The maximum atomic E-state index is 13.6. The summed E-state index contributed by atoms with van der Waals surface area (Å²) in [5, 5.41) is 10.1. The summed E-state index contributed by atoms with van der Waals surface area (Å²) in [5.74, 6) is 1.44. The molecule has 2 saturated heterocycles. The van der Waals surface area contributed by atoms with Gasteiger partial charge in [-0.2, -0.15) is 0 Å². The minimum absolute atomic E-state index is 0.0166. The summed E-state index contributed by atoms with van der Waals surface area (Å²) < 4.78 is 6.03. The number of thiophene rings is 1. The Morgan fingerprint density at radius 1 is 1.16 bits per heavy atom. The second-order valence-electron chi connectivity index (χ2n) is 11.5. The first kappa shape index (κ1) is 27.6. The first-order valence-corrected chi connectivity index (χ1v) is 15.8. The number of aromatic nitrogens is 1. The molecule has 0 bridgehead atoms. The van der Waals surface area contributed by atoms with Crippen molar-refractivity contribution in [1.82, 2.24) is 20.5 Å². The highest BCUT2D eigenvalue weighted by Crippen LogP contribution is 2.46. The van der Waals surface area contributed by atoms with Gasteiger partial charge in [-0.15, -0.1) is 11.3 Å². The molecule has 7 rings (SSSR count). The number of hydrogen-bond donors (Lipinski definition) is 3. The molecule has 10 nitrogen and oxygen atoms in total. The van der Waals surface area contributed by atoms with Crippen LogP contribution in [0.1, 0.15) is 47.3 Å². The van der Waals surface area contributed by atoms with Gasteiger partial charge >= 0.3 is 6.03 Å². The highest BCUT2D eigenvalue weighted by molar-refractivity contribution is 7.21. The van der Waals surface area contributed by atoms with Crippen molar-refractivity contribution in [3.8, 4) is 5.75 Å². The van der Waals surface area contributed by atoms with Gasteiger partial charge in [0.1, 0.15) is 21.2 Å². The number of carbonyl (C=O) groups excluding carboxylic acids is 3. The van der Waals surface area contributed by atoms with Crippen LogP contribution in [-0.4, -0.2) is 60.0 Å². The Bertz CT molecular complexity index is 1670. The summed E-state index contributed by atoms with van der Waals surface area (Å²) in [6, 6.07) is 6.98. The van der Waals surface area contributed by atoms with E-state index in [-0.39, 0.29) is 29.8 Å². The van der Waals surface area contributed by atoms with Gasteiger partial charge in [0.25, 0.3) is 5.91 Å². The van der Waals surface area contributed by atoms with E-state index in [2.05, 4.69) is 33.1 Å². The number of nitrogens with zero attached hydrogens (tertiary/aromatic N) is 3. The van der Waals surface area contributed by atoms with Crippen molar-refractivity contribution >= 4 is 56.5 Å². The van der Waals surface area contributed by atoms with Crippen molar-refractivity contribution in [1.29, 1.82) is 0 Å². The third-order valence-corrected chi connectivity index (χ3v) is 9.63. The summed E-state index contributed by atoms with van der Waals surface area (Å²) in [4.78, 5) is 49.4. The number of ether oxygens (including phenoxy) is 1. The number of aryl methyl sites for hydroxylation is 1. The zero-order valence-electron chi connectivity index (χ0n) is 24.0. The molecule has 0 radical (unpaired) electrons. The molecule has 4 aliphatic rings. The van der Waals surface area contributed by atoms with Crippen molar-refractivity contribution in [3.63, 3.8) is 0 Å². The van der Waals surface area contributed by atoms with Crippen LogP contribution >= 0.6 is 11.3 Å². The van der Waals surface area contributed by atoms with E-state index in [1.54, 1.807) is 11.1 Å². The summed E-state index contributed by atoms with van der Waals surface area (Å²) in [6.45, 7) is 4.75. The number of piperidine rings is 1. The molecule has 3 N–H and O–H groups in total. The number of rotatable bonds is 6. The number of amides is 4. The van der Waals surface area contributed by atoms with E-state index in [1.807, 2.05) is 42.2 Å². The van der Waals surface area contributed by atoms with Crippen LogP contribution in [0.5, 0.6) is 5.75 Å². The van der Waals surface area contributed by atoms with Crippen LogP contribution in [0, 0.1) is 12.8 Å². The lowest BCUT2D eigenvalue weighted by Gasteiger charge is -2.34. The number of allylic oxidation sites excluding steroid dienone is 3. The van der Waals surface area contributed by atoms with Crippen LogP contribution < -0.4 is 25.6 Å². The van der Waals surface area contributed by atoms with E-state index in [0.717, 1.165) is 74.1 Å². The molecule has 0 spiro atoms. The fourth-order valence-electron chi connectivity index (χ4n) is 6.40. The van der Waals surface area contributed by atoms with Crippen LogP contribution in [0.3, 0.4) is 0 Å². The van der Waals surface area contributed by atoms with Crippen LogP contribution in [0.4, 0.5) is 21.9 Å². The monoisotopic (exact) mass is 598 g/mol. The molecule has 222 valence electrons. The molecule has 11 heteroatoms. The first-order chi connectivity index (χ1) is 21.0. The Morgan fingerprint density at radius 2 is 2.07 bits per heavy atom. The molecular formula is C32H34N6O4S. The molecule has 43 heavy (non-hydrogen) atoms. The number of nitrogens with one attached hydrogen (secondary N) is 3. The lowest BCUT2D eigenvalue weighted by Crippen LogP contribution is -2.51. The van der Waals surface area contributed by atoms with Crippen molar-refractivity contribution in [3.05, 3.63) is 64.9 Å². The SMILES string of the molecule is Cc1cc(OC2=CCCC=C2)ccc1N1C(=O)Nc2c(C(=O)NC3CCCN(C(=O)C4CCNC4)C3)sc3nccc1c23. The van der Waals surface area contributed by atoms with Gasteiger partial charge in [-0.3, -0.25) is 14.5 Å². The largest absolute Gasteiger partial charge is 0.458 e. The van der Waals surface area contributed by atoms with Gasteiger partial charge < -0.3 is 25.6 Å². The number of likely N-dealkylation sites (tertiary alicyclic amines) is 1. The molecule has 2 atom stereocenters. The number of hydrogen-bond acceptors (Lipinski definition) is 7. The fourth-order valence-corrected chi connectivity index (χ4v) is 7.42. The Hall–Kier alpha value is -4.22. The molecule has 3 aromatic rings. The number of pyridine rings is 1. The molecule has 2 fully saturated rings. The van der Waals surface area contributed by atoms with Gasteiger partial charge in [-0.05, 0) is 87.6 Å². The van der Waals surface area contributed by atoms with Crippen LogP contribution in [0.15, 0.2) is 54.4 Å². The summed E-state index contributed by atoms with van der Waals surface area (Å²) in [7, 11) is 0. The molecular weight excluding hydrogens is 564 g/mol. The van der Waals surface area contributed by atoms with Gasteiger partial charge in [0, 0.05) is 31.9 Å². The third-order valence-electron chi connectivity index (χ3n) is 8.54. The average molecular weight is 599 g/mol. The highest BCUT2D eigenvalue weighted by atomic mass is 32.1. The molecule has 0 saturated carbocycles. The smallest absolute Gasteiger partial charge is 0.331 e. The third kappa shape index (κ3) is 5.27. The first-order valence-electron chi connectivity index (χ1n) is 14.9. The Kier molecular flexibility index (Phi) is 7.36. The van der Waals surface area contributed by atoms with Gasteiger partial charge in [0.2, 0.25) is 5.91 Å². The number of carbonyl (C=O) groups is 3. The zero-order valence-corrected chi connectivity index (χ0v) is 24.8. The normalized spacial score (nSPS) is 21.5. The van der Waals surface area contributed by atoms with E-state index in [1.165, 1.54) is 11.3 Å². The van der Waals surface area contributed by atoms with Crippen molar-refractivity contribution < 1.29 is 19.1 Å². The second kappa shape index (κ2) is 11.5. The molecule has 1 aromatic carbocycles. The maximum absolute atomic E-state index is 13.6. The summed E-state index contributed by atoms with van der Waals surface area (Å²) in [6.07, 6.45) is 12.3. The lowest BCUT2D eigenvalue weighted by atomic mass is 10.0. The number of urea groups is 1. The van der Waals surface area contributed by atoms with Crippen molar-refractivity contribution in [2.75, 3.05) is 36.4 Å². The van der Waals surface area contributed by atoms with E-state index in [4.69, 9.17) is 4.74 Å². The van der Waals surface area contributed by atoms with Crippen LogP contribution in [0.2, 0.25) is 0 Å². The Labute approximate surface area is 253 Å². The van der Waals surface area contributed by atoms with Crippen LogP contribution in [-0.2, 0) is 4.79 Å². The van der Waals surface area contributed by atoms with Gasteiger partial charge in [-0.25, -0.2) is 9.78 Å². The maximum Gasteiger partial charge on any atom is 0.331 e. The molecule has 2 unspecified atom stereocenters. The standard InChI is InChI=1S/C32H34N6O4S/c1-19-16-23(42-22-7-3-2-4-8-22)9-10-24(19)38-25-12-14-34-30-26(25)27(36-32(38)41)28(43-30)29(39)35-21-6-5-15-37(18-21)31(40)20-11-13-33-17-20/h3,7-10,12,14,16,20-21,33H,2,4-6,11,13,15,17-18H2,1H3,(H,35,39)(H,36,41). The van der Waals surface area contributed by atoms with Gasteiger partial charge in [0.15, 0.2) is 0 Å². The quantitative estimate of drug-likeness (QED) is 0.358. The molecule has 1 aliphatic carbocycles. The molecule has 4 amide bonds. The topological polar surface area (TPSA) is 116 Å². The zero-order chi connectivity index (χ0) is 29.5. The van der Waals surface area contributed by atoms with Gasteiger partial charge in [-0.1, -0.05) is 6.08 Å². The predicted octanol–water partition coefficient (Wildman–Crippen LogP) is 5.23. The van der Waals surface area contributed by atoms with E-state index >= 15 is 0 Å². The Balaban J connectivity index is 1.13. The molecule has 2 aromatic heterocycles. The number of benzene rings is 1. The van der Waals surface area contributed by atoms with E-state index in [9.17, 15) is 14.4 Å². The fraction of sp³-hybridized carbons (Fsp3) is 0.375. The second-order valence-corrected chi connectivity index (χ2v) is 12.5. The highest BCUT2D eigenvalue weighted by Gasteiger charge is 2.35. The van der Waals surface area contributed by atoms with Crippen LogP contribution in [0.25, 0.3) is 10.2 Å². The van der Waals surface area contributed by atoms with E-state index in [0.29, 0.717) is 33.4 Å².